The van der Waals surface area contributed by atoms with Crippen LogP contribution in [0.4, 0.5) is 0 Å². The highest BCUT2D eigenvalue weighted by atomic mass is 35.5. The summed E-state index contributed by atoms with van der Waals surface area (Å²) in [4.78, 5) is 29.3. The molecule has 0 unspecified atom stereocenters. The highest BCUT2D eigenvalue weighted by molar-refractivity contribution is 7.91. The summed E-state index contributed by atoms with van der Waals surface area (Å²) in [6.07, 6.45) is -3.72. The Morgan fingerprint density at radius 1 is 0.551 bits per heavy atom. The number of carbonyl (C=O) groups is 2. The Labute approximate surface area is 477 Å². The van der Waals surface area contributed by atoms with Crippen molar-refractivity contribution in [3.63, 3.8) is 0 Å². The number of amides is 2. The first-order chi connectivity index (χ1) is 37.3. The zero-order chi connectivity index (χ0) is 56.2. The number of carbonyl (C=O) groups excluding carboxylic acids is 2. The molecule has 19 nitrogen and oxygen atoms in total. The van der Waals surface area contributed by atoms with Crippen molar-refractivity contribution in [1.82, 2.24) is 25.2 Å². The lowest BCUT2D eigenvalue weighted by Crippen LogP contribution is -2.50. The fraction of sp³-hybridized carbons (Fsp3) is 0.509. The van der Waals surface area contributed by atoms with Gasteiger partial charge in [-0.05, 0) is 102 Å². The molecule has 25 heteroatoms. The number of nitrogens with one attached hydrogen (secondary N) is 3. The van der Waals surface area contributed by atoms with Gasteiger partial charge in [-0.25, -0.2) is 21.6 Å². The molecule has 78 heavy (non-hydrogen) atoms. The van der Waals surface area contributed by atoms with Crippen molar-refractivity contribution in [3.8, 4) is 0 Å². The van der Waals surface area contributed by atoms with E-state index in [4.69, 9.17) is 74.8 Å². The predicted molar refractivity (Wildman–Crippen MR) is 297 cm³/mol. The van der Waals surface area contributed by atoms with E-state index in [9.17, 15) is 36.6 Å². The molecule has 430 valence electrons. The van der Waals surface area contributed by atoms with Crippen LogP contribution < -0.4 is 15.4 Å². The highest BCUT2D eigenvalue weighted by Crippen LogP contribution is 2.40. The molecule has 2 heterocycles. The summed E-state index contributed by atoms with van der Waals surface area (Å²) in [6, 6.07) is 21.1. The second-order valence-corrected chi connectivity index (χ2v) is 24.3. The Morgan fingerprint density at radius 2 is 0.923 bits per heavy atom. The number of sulfonamides is 1. The number of ether oxygens (including phenoxy) is 6. The van der Waals surface area contributed by atoms with E-state index in [0.717, 1.165) is 46.5 Å². The van der Waals surface area contributed by atoms with E-state index in [1.807, 2.05) is 50.5 Å². The molecule has 0 bridgehead atoms. The molecular weight excluding hydrogens is 1140 g/mol. The van der Waals surface area contributed by atoms with Gasteiger partial charge in [-0.15, -0.1) is 0 Å². The Morgan fingerprint density at radius 3 is 1.35 bits per heavy atom. The maximum atomic E-state index is 13.0. The SMILES string of the molecule is CN1Cc2c(Cl)cc(Cl)cc2[C@H](c2ccc(S(=O)(=O)CCCOCCOCCOCCNC(=O)[C@@H](O)[C@H](O)C(=O)NCCOCCOCCOCCNS(=O)(=O)c3ccc([C@@H]4CN(C)Cc5c(Cl)cc(Cl)cc54)cc3)cc2)C1. The van der Waals surface area contributed by atoms with Gasteiger partial charge in [0.1, 0.15) is 0 Å². The van der Waals surface area contributed by atoms with Gasteiger partial charge in [0.25, 0.3) is 11.8 Å². The molecule has 0 saturated carbocycles. The smallest absolute Gasteiger partial charge is 0.252 e. The van der Waals surface area contributed by atoms with Crippen LogP contribution in [0.3, 0.4) is 0 Å². The van der Waals surface area contributed by atoms with Crippen LogP contribution in [0.25, 0.3) is 0 Å². The molecule has 0 saturated heterocycles. The standard InChI is InChI=1S/C53H69Cl4N5O14S2/c1-61-32-44(42-28-38(54)30-48(56)46(42)34-61)36-4-8-40(9-5-36)77(67,68)27-3-15-71-19-23-75-24-20-72-16-12-58-52(65)50(63)51(64)53(66)59-13-17-73-21-25-76-26-22-74-18-14-60-78(69,70)41-10-6-37(7-11-41)45-33-62(2)35-47-43(45)29-39(55)31-49(47)57/h4-11,28-31,44-45,50-51,60,63-64H,3,12-27,32-35H2,1-2H3,(H,58,65)(H,59,66)/t44-,45-,50-,51-/m0/s1. The first kappa shape index (κ1) is 63.6. The van der Waals surface area contributed by atoms with Gasteiger partial charge in [0.05, 0.1) is 88.2 Å². The zero-order valence-corrected chi connectivity index (χ0v) is 48.3. The molecule has 4 atom stereocenters. The van der Waals surface area contributed by atoms with Crippen molar-refractivity contribution in [2.24, 2.45) is 0 Å². The predicted octanol–water partition coefficient (Wildman–Crippen LogP) is 4.65. The van der Waals surface area contributed by atoms with Crippen LogP contribution in [0.5, 0.6) is 0 Å². The minimum atomic E-state index is -3.77. The average molecular weight is 1210 g/mol. The summed E-state index contributed by atoms with van der Waals surface area (Å²) in [5.41, 5.74) is 6.06. The van der Waals surface area contributed by atoms with Gasteiger partial charge in [-0.3, -0.25) is 9.59 Å². The van der Waals surface area contributed by atoms with Gasteiger partial charge in [0.15, 0.2) is 22.0 Å². The number of aliphatic hydroxyl groups excluding tert-OH is 2. The molecule has 0 aromatic heterocycles. The van der Waals surface area contributed by atoms with Crippen LogP contribution in [0.1, 0.15) is 51.6 Å². The van der Waals surface area contributed by atoms with Crippen LogP contribution in [0.15, 0.2) is 82.6 Å². The third kappa shape index (κ3) is 19.3. The van der Waals surface area contributed by atoms with E-state index >= 15 is 0 Å². The Bertz CT molecular complexity index is 2620. The number of sulfone groups is 1. The highest BCUT2D eigenvalue weighted by Gasteiger charge is 2.31. The Kier molecular flexibility index (Phi) is 25.8. The molecule has 6 rings (SSSR count). The normalized spacial score (nSPS) is 16.8. The van der Waals surface area contributed by atoms with Crippen molar-refractivity contribution < 1.29 is 65.1 Å². The van der Waals surface area contributed by atoms with Gasteiger partial charge in [0, 0.05) is 84.3 Å². The van der Waals surface area contributed by atoms with Crippen LogP contribution in [-0.4, -0.2) is 193 Å². The molecule has 5 N–H and O–H groups in total. The lowest BCUT2D eigenvalue weighted by molar-refractivity contribution is -0.146. The number of aliphatic hydroxyl groups is 2. The van der Waals surface area contributed by atoms with E-state index in [1.54, 1.807) is 36.4 Å². The maximum absolute atomic E-state index is 13.0. The second kappa shape index (κ2) is 31.6. The van der Waals surface area contributed by atoms with Crippen LogP contribution in [-0.2, 0) is 71.0 Å². The van der Waals surface area contributed by atoms with E-state index < -0.39 is 43.9 Å². The zero-order valence-electron chi connectivity index (χ0n) is 43.6. The van der Waals surface area contributed by atoms with Crippen molar-refractivity contribution in [2.75, 3.05) is 132 Å². The number of fused-ring (bicyclic) bond motifs is 2. The van der Waals surface area contributed by atoms with Gasteiger partial charge < -0.3 is 59.1 Å². The lowest BCUT2D eigenvalue weighted by atomic mass is 9.85. The minimum Gasteiger partial charge on any atom is -0.380 e. The van der Waals surface area contributed by atoms with Crippen LogP contribution in [0, 0.1) is 0 Å². The molecule has 4 aromatic carbocycles. The Balaban J connectivity index is 0.705. The number of nitrogens with zero attached hydrogens (tertiary/aromatic N) is 2. The van der Waals surface area contributed by atoms with E-state index in [0.29, 0.717) is 39.6 Å². The first-order valence-electron chi connectivity index (χ1n) is 25.5. The van der Waals surface area contributed by atoms with Gasteiger partial charge in [0.2, 0.25) is 10.0 Å². The van der Waals surface area contributed by atoms with E-state index in [-0.39, 0.29) is 126 Å². The average Bonchev–Trinajstić information content (AvgIpc) is 3.47. The summed E-state index contributed by atoms with van der Waals surface area (Å²) < 4.78 is 87.2. The van der Waals surface area contributed by atoms with Crippen molar-refractivity contribution in [3.05, 3.63) is 126 Å². The topological polar surface area (TPSA) is 241 Å². The molecule has 2 aliphatic heterocycles. The molecule has 2 amide bonds. The summed E-state index contributed by atoms with van der Waals surface area (Å²) in [6.45, 7) is 5.27. The fourth-order valence-electron chi connectivity index (χ4n) is 8.92. The number of likely N-dealkylation sites (N-methyl/N-ethyl adjacent to an activating group) is 2. The third-order valence-electron chi connectivity index (χ3n) is 12.9. The maximum Gasteiger partial charge on any atom is 0.252 e. The van der Waals surface area contributed by atoms with E-state index in [1.165, 1.54) is 0 Å². The van der Waals surface area contributed by atoms with Crippen LogP contribution >= 0.6 is 46.4 Å². The second-order valence-electron chi connectivity index (χ2n) is 18.8. The fourth-order valence-corrected chi connectivity index (χ4v) is 12.4. The quantitative estimate of drug-likeness (QED) is 0.0408. The first-order valence-corrected chi connectivity index (χ1v) is 30.1. The Hall–Kier alpha value is -3.56. The molecule has 0 fully saturated rings. The van der Waals surface area contributed by atoms with Crippen LogP contribution in [0.2, 0.25) is 20.1 Å². The number of hydrogen-bond donors (Lipinski definition) is 5. The van der Waals surface area contributed by atoms with Gasteiger partial charge >= 0.3 is 0 Å². The van der Waals surface area contributed by atoms with Gasteiger partial charge in [-0.2, -0.15) is 0 Å². The molecule has 4 aromatic rings. The molecular formula is C53H69Cl4N5O14S2. The molecule has 0 spiro atoms. The number of hydrogen-bond acceptors (Lipinski definition) is 16. The lowest BCUT2D eigenvalue weighted by Gasteiger charge is -2.33. The number of rotatable bonds is 33. The van der Waals surface area contributed by atoms with Crippen molar-refractivity contribution in [2.45, 2.75) is 53.3 Å². The summed E-state index contributed by atoms with van der Waals surface area (Å²) in [7, 11) is -3.26. The van der Waals surface area contributed by atoms with Gasteiger partial charge in [-0.1, -0.05) is 70.7 Å². The van der Waals surface area contributed by atoms with E-state index in [2.05, 4.69) is 25.2 Å². The number of benzene rings is 4. The number of halogens is 4. The minimum absolute atomic E-state index is 0.00107. The molecule has 2 aliphatic rings. The molecule has 0 aliphatic carbocycles. The third-order valence-corrected chi connectivity index (χ3v) is 17.3. The summed E-state index contributed by atoms with van der Waals surface area (Å²) >= 11 is 25.6. The largest absolute Gasteiger partial charge is 0.380 e. The summed E-state index contributed by atoms with van der Waals surface area (Å²) in [5, 5.41) is 27.4. The van der Waals surface area contributed by atoms with Crippen molar-refractivity contribution in [1.29, 1.82) is 0 Å². The summed E-state index contributed by atoms with van der Waals surface area (Å²) in [5.74, 6) is -2.00. The molecule has 0 radical (unpaired) electrons. The van der Waals surface area contributed by atoms with Crippen molar-refractivity contribution >= 4 is 78.1 Å². The monoisotopic (exact) mass is 1200 g/mol.